The Morgan fingerprint density at radius 1 is 1.28 bits per heavy atom. The number of aliphatic hydroxyl groups is 1. The highest BCUT2D eigenvalue weighted by Crippen LogP contribution is 2.42. The summed E-state index contributed by atoms with van der Waals surface area (Å²) in [5, 5.41) is 11.5. The Balaban J connectivity index is 2.41. The molecule has 1 aliphatic rings. The lowest BCUT2D eigenvalue weighted by Crippen LogP contribution is -2.60. The van der Waals surface area contributed by atoms with E-state index in [2.05, 4.69) is 9.46 Å². The van der Waals surface area contributed by atoms with Gasteiger partial charge in [-0.05, 0) is 24.3 Å². The number of methoxy groups -OCH3 is 1. The van der Waals surface area contributed by atoms with Crippen LogP contribution in [0.15, 0.2) is 47.4 Å². The Labute approximate surface area is 148 Å². The Bertz CT molecular complexity index is 965. The molecule has 1 heterocycles. The van der Waals surface area contributed by atoms with E-state index in [9.17, 15) is 22.7 Å². The van der Waals surface area contributed by atoms with E-state index in [0.717, 1.165) is 13.2 Å². The van der Waals surface area contributed by atoms with Crippen LogP contribution < -0.4 is 4.72 Å². The summed E-state index contributed by atoms with van der Waals surface area (Å²) in [7, 11) is -3.11. The van der Waals surface area contributed by atoms with Crippen molar-refractivity contribution in [3.05, 3.63) is 64.4 Å². The fourth-order valence-electron chi connectivity index (χ4n) is 2.90. The van der Waals surface area contributed by atoms with Gasteiger partial charge >= 0.3 is 5.97 Å². The van der Waals surface area contributed by atoms with Crippen molar-refractivity contribution in [3.63, 3.8) is 0 Å². The average molecular weight is 386 g/mol. The number of carbonyl (C=O) groups excluding carboxylic acids is 1. The van der Waals surface area contributed by atoms with Gasteiger partial charge in [0.25, 0.3) is 0 Å². The molecule has 0 fully saturated rings. The highest BCUT2D eigenvalue weighted by atomic mass is 35.5. The largest absolute Gasteiger partial charge is 0.468 e. The number of hydrogen-bond acceptors (Lipinski definition) is 5. The predicted octanol–water partition coefficient (Wildman–Crippen LogP) is 1.55. The van der Waals surface area contributed by atoms with Crippen LogP contribution in [0.1, 0.15) is 11.1 Å². The molecule has 9 heteroatoms. The van der Waals surface area contributed by atoms with E-state index in [1.165, 1.54) is 36.4 Å². The standard InChI is InChI=1S/C16H13ClFNO5S/c1-24-15(20)14-16(21,10-4-2-3-5-12(10)18)11-8-9(17)6-7-13(11)25(22,23)19-14/h2-8,14,19,21H,1H3/t14-,16+/m1/s1. The van der Waals surface area contributed by atoms with Crippen LogP contribution in [-0.4, -0.2) is 32.6 Å². The molecule has 2 aromatic rings. The number of esters is 1. The van der Waals surface area contributed by atoms with Crippen molar-refractivity contribution in [2.24, 2.45) is 0 Å². The molecule has 0 saturated carbocycles. The number of halogens is 2. The van der Waals surface area contributed by atoms with Crippen molar-refractivity contribution in [2.75, 3.05) is 7.11 Å². The van der Waals surface area contributed by atoms with Crippen molar-refractivity contribution in [2.45, 2.75) is 16.5 Å². The Morgan fingerprint density at radius 3 is 2.60 bits per heavy atom. The molecule has 0 bridgehead atoms. The molecule has 0 aromatic heterocycles. The smallest absolute Gasteiger partial charge is 0.327 e. The molecule has 0 saturated heterocycles. The fourth-order valence-corrected chi connectivity index (χ4v) is 4.53. The topological polar surface area (TPSA) is 92.7 Å². The minimum atomic E-state index is -4.15. The van der Waals surface area contributed by atoms with E-state index in [-0.39, 0.29) is 21.0 Å². The molecule has 6 nitrogen and oxygen atoms in total. The second-order valence-electron chi connectivity index (χ2n) is 5.46. The number of sulfonamides is 1. The maximum atomic E-state index is 14.4. The van der Waals surface area contributed by atoms with Crippen LogP contribution in [0.2, 0.25) is 5.02 Å². The van der Waals surface area contributed by atoms with E-state index in [1.807, 2.05) is 0 Å². The number of benzene rings is 2. The molecule has 0 amide bonds. The van der Waals surface area contributed by atoms with Gasteiger partial charge < -0.3 is 9.84 Å². The first kappa shape index (κ1) is 17.8. The molecule has 25 heavy (non-hydrogen) atoms. The van der Waals surface area contributed by atoms with Gasteiger partial charge in [-0.2, -0.15) is 4.72 Å². The summed E-state index contributed by atoms with van der Waals surface area (Å²) in [5.74, 6) is -1.88. The van der Waals surface area contributed by atoms with Gasteiger partial charge in [-0.15, -0.1) is 0 Å². The van der Waals surface area contributed by atoms with Crippen molar-refractivity contribution >= 4 is 27.6 Å². The molecule has 0 unspecified atom stereocenters. The van der Waals surface area contributed by atoms with Gasteiger partial charge in [0, 0.05) is 16.1 Å². The van der Waals surface area contributed by atoms with Gasteiger partial charge in [-0.1, -0.05) is 29.8 Å². The van der Waals surface area contributed by atoms with Crippen molar-refractivity contribution in [1.82, 2.24) is 4.72 Å². The minimum Gasteiger partial charge on any atom is -0.468 e. The van der Waals surface area contributed by atoms with Gasteiger partial charge in [0.05, 0.1) is 12.0 Å². The first-order valence-corrected chi connectivity index (χ1v) is 8.95. The average Bonchev–Trinajstić information content (AvgIpc) is 2.57. The van der Waals surface area contributed by atoms with Gasteiger partial charge in [-0.3, -0.25) is 4.79 Å². The summed E-state index contributed by atoms with van der Waals surface area (Å²) < 4.78 is 46.0. The number of ether oxygens (including phenoxy) is 1. The number of hydrogen-bond donors (Lipinski definition) is 2. The van der Waals surface area contributed by atoms with Crippen LogP contribution in [0, 0.1) is 5.82 Å². The monoisotopic (exact) mass is 385 g/mol. The lowest BCUT2D eigenvalue weighted by atomic mass is 9.80. The second-order valence-corrected chi connectivity index (χ2v) is 7.58. The van der Waals surface area contributed by atoms with E-state index in [1.54, 1.807) is 0 Å². The van der Waals surface area contributed by atoms with Crippen molar-refractivity contribution < 1.29 is 27.4 Å². The molecule has 0 aliphatic carbocycles. The lowest BCUT2D eigenvalue weighted by Gasteiger charge is -2.40. The number of fused-ring (bicyclic) bond motifs is 1. The Morgan fingerprint density at radius 2 is 1.96 bits per heavy atom. The SMILES string of the molecule is COC(=O)[C@H]1NS(=O)(=O)c2ccc(Cl)cc2[C@@]1(O)c1ccccc1F. The van der Waals surface area contributed by atoms with E-state index >= 15 is 0 Å². The number of carbonyl (C=O) groups is 1. The maximum Gasteiger partial charge on any atom is 0.327 e. The summed E-state index contributed by atoms with van der Waals surface area (Å²) >= 11 is 5.95. The minimum absolute atomic E-state index is 0.120. The van der Waals surface area contributed by atoms with Gasteiger partial charge in [0.15, 0.2) is 6.04 Å². The van der Waals surface area contributed by atoms with Crippen LogP contribution in [0.5, 0.6) is 0 Å². The zero-order valence-electron chi connectivity index (χ0n) is 12.9. The predicted molar refractivity (Wildman–Crippen MR) is 87.0 cm³/mol. The van der Waals surface area contributed by atoms with E-state index < -0.39 is 33.5 Å². The molecule has 2 N–H and O–H groups in total. The fraction of sp³-hybridized carbons (Fsp3) is 0.188. The summed E-state index contributed by atoms with van der Waals surface area (Å²) in [6, 6.07) is 7.12. The molecule has 1 aliphatic heterocycles. The molecular weight excluding hydrogens is 373 g/mol. The second kappa shape index (κ2) is 6.06. The van der Waals surface area contributed by atoms with E-state index in [4.69, 9.17) is 11.6 Å². The summed E-state index contributed by atoms with van der Waals surface area (Å²) in [6.07, 6.45) is 0. The first-order chi connectivity index (χ1) is 11.7. The van der Waals surface area contributed by atoms with Crippen LogP contribution in [0.4, 0.5) is 4.39 Å². The summed E-state index contributed by atoms with van der Waals surface area (Å²) in [6.45, 7) is 0. The third kappa shape index (κ3) is 2.71. The quantitative estimate of drug-likeness (QED) is 0.765. The number of rotatable bonds is 2. The third-order valence-corrected chi connectivity index (χ3v) is 5.77. The molecule has 0 spiro atoms. The van der Waals surface area contributed by atoms with Crippen LogP contribution in [0.25, 0.3) is 0 Å². The first-order valence-electron chi connectivity index (χ1n) is 7.09. The normalized spacial score (nSPS) is 24.4. The summed E-state index contributed by atoms with van der Waals surface area (Å²) in [4.78, 5) is 11.9. The zero-order valence-corrected chi connectivity index (χ0v) is 14.4. The van der Waals surface area contributed by atoms with Gasteiger partial charge in [-0.25, -0.2) is 12.8 Å². The van der Waals surface area contributed by atoms with Crippen LogP contribution in [0.3, 0.4) is 0 Å². The van der Waals surface area contributed by atoms with Gasteiger partial charge in [0.2, 0.25) is 10.0 Å². The zero-order chi connectivity index (χ0) is 18.4. The highest BCUT2D eigenvalue weighted by Gasteiger charge is 2.54. The lowest BCUT2D eigenvalue weighted by molar-refractivity contribution is -0.149. The van der Waals surface area contributed by atoms with E-state index in [0.29, 0.717) is 0 Å². The number of nitrogens with one attached hydrogen (secondary N) is 1. The third-order valence-electron chi connectivity index (χ3n) is 4.05. The molecule has 0 radical (unpaired) electrons. The maximum absolute atomic E-state index is 14.4. The summed E-state index contributed by atoms with van der Waals surface area (Å²) in [5.41, 5.74) is -2.83. The van der Waals surface area contributed by atoms with Gasteiger partial charge in [0.1, 0.15) is 11.4 Å². The Hall–Kier alpha value is -2.00. The molecular formula is C16H13ClFNO5S. The van der Waals surface area contributed by atoms with Crippen LogP contribution in [-0.2, 0) is 25.2 Å². The Kier molecular flexibility index (Phi) is 4.32. The molecule has 132 valence electrons. The highest BCUT2D eigenvalue weighted by molar-refractivity contribution is 7.89. The molecule has 2 aromatic carbocycles. The molecule has 3 rings (SSSR count). The van der Waals surface area contributed by atoms with Crippen LogP contribution >= 0.6 is 11.6 Å². The van der Waals surface area contributed by atoms with Crippen molar-refractivity contribution in [1.29, 1.82) is 0 Å². The van der Waals surface area contributed by atoms with Crippen molar-refractivity contribution in [3.8, 4) is 0 Å². The molecule has 2 atom stereocenters.